The van der Waals surface area contributed by atoms with E-state index in [2.05, 4.69) is 5.16 Å². The summed E-state index contributed by atoms with van der Waals surface area (Å²) in [6, 6.07) is 6.37. The van der Waals surface area contributed by atoms with E-state index in [1.165, 1.54) is 6.07 Å². The Morgan fingerprint density at radius 1 is 1.28 bits per heavy atom. The Morgan fingerprint density at radius 3 is 2.83 bits per heavy atom. The topological polar surface area (TPSA) is 44.5 Å². The summed E-state index contributed by atoms with van der Waals surface area (Å²) in [5, 5.41) is 3.84. The van der Waals surface area contributed by atoms with Crippen molar-refractivity contribution in [3.05, 3.63) is 47.1 Å². The Labute approximate surface area is 104 Å². The summed E-state index contributed by atoms with van der Waals surface area (Å²) in [7, 11) is 1.58. The number of aromatic nitrogens is 1. The van der Waals surface area contributed by atoms with Crippen molar-refractivity contribution in [3.8, 4) is 5.75 Å². The van der Waals surface area contributed by atoms with Gasteiger partial charge in [0.05, 0.1) is 0 Å². The van der Waals surface area contributed by atoms with Crippen LogP contribution in [0.2, 0.25) is 0 Å². The lowest BCUT2D eigenvalue weighted by molar-refractivity contribution is 0.155. The first kappa shape index (κ1) is 12.6. The SMILES string of the molecule is COCc1cc(COc2ccc(F)c(C)c2)no1. The van der Waals surface area contributed by atoms with E-state index in [-0.39, 0.29) is 12.4 Å². The molecular weight excluding hydrogens is 237 g/mol. The van der Waals surface area contributed by atoms with Crippen molar-refractivity contribution >= 4 is 0 Å². The summed E-state index contributed by atoms with van der Waals surface area (Å²) in [6.07, 6.45) is 0. The zero-order valence-corrected chi connectivity index (χ0v) is 10.3. The molecule has 0 aliphatic rings. The molecule has 2 aromatic rings. The maximum Gasteiger partial charge on any atom is 0.162 e. The van der Waals surface area contributed by atoms with Crippen LogP contribution < -0.4 is 4.74 Å². The predicted octanol–water partition coefficient (Wildman–Crippen LogP) is 2.85. The highest BCUT2D eigenvalue weighted by molar-refractivity contribution is 5.28. The van der Waals surface area contributed by atoms with Crippen molar-refractivity contribution in [3.63, 3.8) is 0 Å². The van der Waals surface area contributed by atoms with Crippen LogP contribution in [0.15, 0.2) is 28.8 Å². The van der Waals surface area contributed by atoms with Gasteiger partial charge in [0, 0.05) is 13.2 Å². The van der Waals surface area contributed by atoms with Crippen molar-refractivity contribution in [1.29, 1.82) is 0 Å². The lowest BCUT2D eigenvalue weighted by Gasteiger charge is -2.04. The summed E-state index contributed by atoms with van der Waals surface area (Å²) in [4.78, 5) is 0. The highest BCUT2D eigenvalue weighted by Crippen LogP contribution is 2.17. The molecule has 0 aliphatic heterocycles. The Morgan fingerprint density at radius 2 is 2.11 bits per heavy atom. The molecule has 4 nitrogen and oxygen atoms in total. The van der Waals surface area contributed by atoms with Crippen LogP contribution >= 0.6 is 0 Å². The Kier molecular flexibility index (Phi) is 3.94. The molecule has 0 amide bonds. The van der Waals surface area contributed by atoms with E-state index in [1.807, 2.05) is 0 Å². The van der Waals surface area contributed by atoms with E-state index < -0.39 is 0 Å². The van der Waals surface area contributed by atoms with Gasteiger partial charge in [-0.2, -0.15) is 0 Å². The Bertz CT molecular complexity index is 525. The minimum atomic E-state index is -0.244. The normalized spacial score (nSPS) is 10.6. The van der Waals surface area contributed by atoms with E-state index in [0.29, 0.717) is 29.4 Å². The van der Waals surface area contributed by atoms with Crippen molar-refractivity contribution in [2.45, 2.75) is 20.1 Å². The molecule has 0 N–H and O–H groups in total. The van der Waals surface area contributed by atoms with Crippen LogP contribution in [-0.4, -0.2) is 12.3 Å². The molecule has 0 aliphatic carbocycles. The van der Waals surface area contributed by atoms with Crippen LogP contribution in [-0.2, 0) is 18.0 Å². The van der Waals surface area contributed by atoms with Crippen LogP contribution in [0.25, 0.3) is 0 Å². The smallest absolute Gasteiger partial charge is 0.162 e. The third-order valence-corrected chi connectivity index (χ3v) is 2.41. The highest BCUT2D eigenvalue weighted by atomic mass is 19.1. The zero-order valence-electron chi connectivity index (χ0n) is 10.3. The first-order chi connectivity index (χ1) is 8.69. The van der Waals surface area contributed by atoms with Gasteiger partial charge in [0.2, 0.25) is 0 Å². The number of hydrogen-bond acceptors (Lipinski definition) is 4. The third kappa shape index (κ3) is 3.07. The van der Waals surface area contributed by atoms with Crippen LogP contribution in [0.3, 0.4) is 0 Å². The standard InChI is InChI=1S/C13H14FNO3/c1-9-5-11(3-4-13(9)14)17-7-10-6-12(8-16-2)18-15-10/h3-6H,7-8H2,1-2H3. The average Bonchev–Trinajstić information content (AvgIpc) is 2.79. The van der Waals surface area contributed by atoms with E-state index in [0.717, 1.165) is 0 Å². The van der Waals surface area contributed by atoms with Gasteiger partial charge in [0.15, 0.2) is 5.76 Å². The first-order valence-electron chi connectivity index (χ1n) is 5.51. The second kappa shape index (κ2) is 5.64. The third-order valence-electron chi connectivity index (χ3n) is 2.41. The first-order valence-corrected chi connectivity index (χ1v) is 5.51. The molecule has 1 aromatic heterocycles. The summed E-state index contributed by atoms with van der Waals surface area (Å²) in [6.45, 7) is 2.34. The summed E-state index contributed by atoms with van der Waals surface area (Å²) in [5.41, 5.74) is 1.22. The van der Waals surface area contributed by atoms with E-state index in [9.17, 15) is 4.39 Å². The maximum absolute atomic E-state index is 13.1. The molecule has 2 rings (SSSR count). The van der Waals surface area contributed by atoms with Gasteiger partial charge in [0.1, 0.15) is 30.5 Å². The lowest BCUT2D eigenvalue weighted by Crippen LogP contribution is -1.96. The second-order valence-electron chi connectivity index (χ2n) is 3.92. The number of benzene rings is 1. The molecule has 0 saturated carbocycles. The molecule has 0 fully saturated rings. The monoisotopic (exact) mass is 251 g/mol. The van der Waals surface area contributed by atoms with Gasteiger partial charge in [-0.05, 0) is 30.7 Å². The predicted molar refractivity (Wildman–Crippen MR) is 62.7 cm³/mol. The number of methoxy groups -OCH3 is 1. The number of nitrogens with zero attached hydrogens (tertiary/aromatic N) is 1. The van der Waals surface area contributed by atoms with Crippen molar-refractivity contribution < 1.29 is 18.4 Å². The van der Waals surface area contributed by atoms with Gasteiger partial charge in [-0.15, -0.1) is 0 Å². The van der Waals surface area contributed by atoms with Crippen molar-refractivity contribution in [1.82, 2.24) is 5.16 Å². The van der Waals surface area contributed by atoms with Crippen LogP contribution in [0.1, 0.15) is 17.0 Å². The maximum atomic E-state index is 13.1. The molecule has 1 aromatic carbocycles. The van der Waals surface area contributed by atoms with Gasteiger partial charge < -0.3 is 14.0 Å². The number of hydrogen-bond donors (Lipinski definition) is 0. The molecule has 0 atom stereocenters. The fourth-order valence-corrected chi connectivity index (χ4v) is 1.50. The van der Waals surface area contributed by atoms with Gasteiger partial charge in [-0.1, -0.05) is 5.16 Å². The minimum absolute atomic E-state index is 0.244. The highest BCUT2D eigenvalue weighted by Gasteiger charge is 2.05. The second-order valence-corrected chi connectivity index (χ2v) is 3.92. The Hall–Kier alpha value is -1.88. The molecule has 0 bridgehead atoms. The fraction of sp³-hybridized carbons (Fsp3) is 0.308. The molecular formula is C13H14FNO3. The number of halogens is 1. The largest absolute Gasteiger partial charge is 0.487 e. The van der Waals surface area contributed by atoms with Gasteiger partial charge in [-0.3, -0.25) is 0 Å². The van der Waals surface area contributed by atoms with Crippen molar-refractivity contribution in [2.24, 2.45) is 0 Å². The van der Waals surface area contributed by atoms with Gasteiger partial charge >= 0.3 is 0 Å². The van der Waals surface area contributed by atoms with E-state index in [1.54, 1.807) is 32.2 Å². The molecule has 5 heteroatoms. The average molecular weight is 251 g/mol. The van der Waals surface area contributed by atoms with Gasteiger partial charge in [0.25, 0.3) is 0 Å². The molecule has 1 heterocycles. The number of aryl methyl sites for hydroxylation is 1. The van der Waals surface area contributed by atoms with Gasteiger partial charge in [-0.25, -0.2) is 4.39 Å². The van der Waals surface area contributed by atoms with Crippen LogP contribution in [0.5, 0.6) is 5.75 Å². The fourth-order valence-electron chi connectivity index (χ4n) is 1.50. The zero-order chi connectivity index (χ0) is 13.0. The van der Waals surface area contributed by atoms with E-state index in [4.69, 9.17) is 14.0 Å². The minimum Gasteiger partial charge on any atom is -0.487 e. The van der Waals surface area contributed by atoms with Crippen LogP contribution in [0, 0.1) is 12.7 Å². The van der Waals surface area contributed by atoms with Crippen molar-refractivity contribution in [2.75, 3.05) is 7.11 Å². The molecule has 0 radical (unpaired) electrons. The van der Waals surface area contributed by atoms with E-state index >= 15 is 0 Å². The lowest BCUT2D eigenvalue weighted by atomic mass is 10.2. The summed E-state index contributed by atoms with van der Waals surface area (Å²) >= 11 is 0. The molecule has 0 saturated heterocycles. The molecule has 96 valence electrons. The summed E-state index contributed by atoms with van der Waals surface area (Å²) < 4.78 is 28.5. The molecule has 0 unspecified atom stereocenters. The quantitative estimate of drug-likeness (QED) is 0.819. The molecule has 18 heavy (non-hydrogen) atoms. The van der Waals surface area contributed by atoms with Crippen LogP contribution in [0.4, 0.5) is 4.39 Å². The Balaban J connectivity index is 1.95. The molecule has 0 spiro atoms. The summed E-state index contributed by atoms with van der Waals surface area (Å²) in [5.74, 6) is 1.00. The number of rotatable bonds is 5. The number of ether oxygens (including phenoxy) is 2.